The molecule has 0 unspecified atom stereocenters. The van der Waals surface area contributed by atoms with Crippen molar-refractivity contribution in [3.8, 4) is 11.5 Å². The lowest BCUT2D eigenvalue weighted by molar-refractivity contribution is 0.0950. The van der Waals surface area contributed by atoms with Crippen molar-refractivity contribution in [1.82, 2.24) is 4.90 Å². The van der Waals surface area contributed by atoms with Crippen LogP contribution in [0.15, 0.2) is 60.4 Å². The Bertz CT molecular complexity index is 1240. The molecule has 0 saturated carbocycles. The van der Waals surface area contributed by atoms with Gasteiger partial charge in [-0.3, -0.25) is 9.69 Å². The first-order valence-corrected chi connectivity index (χ1v) is 10.9. The molecule has 2 aliphatic heterocycles. The van der Waals surface area contributed by atoms with E-state index in [1.807, 2.05) is 24.3 Å². The Morgan fingerprint density at radius 2 is 1.84 bits per heavy atom. The summed E-state index contributed by atoms with van der Waals surface area (Å²) in [5.41, 5.74) is 2.41. The van der Waals surface area contributed by atoms with Gasteiger partial charge >= 0.3 is 0 Å². The predicted molar refractivity (Wildman–Crippen MR) is 122 cm³/mol. The molecule has 4 nitrogen and oxygen atoms in total. The second-order valence-electron chi connectivity index (χ2n) is 7.66. The molecule has 0 amide bonds. The third-order valence-electron chi connectivity index (χ3n) is 5.61. The Morgan fingerprint density at radius 3 is 2.66 bits per heavy atom. The van der Waals surface area contributed by atoms with Crippen LogP contribution in [0.4, 0.5) is 4.39 Å². The molecular formula is C25H18Cl2FNO3. The molecule has 3 aromatic rings. The molecule has 0 saturated heterocycles. The summed E-state index contributed by atoms with van der Waals surface area (Å²) in [5, 5.41) is 0.947. The first kappa shape index (κ1) is 21.0. The van der Waals surface area contributed by atoms with E-state index in [2.05, 4.69) is 4.90 Å². The van der Waals surface area contributed by atoms with E-state index in [0.717, 1.165) is 29.1 Å². The predicted octanol–water partition coefficient (Wildman–Crippen LogP) is 6.14. The van der Waals surface area contributed by atoms with E-state index in [1.54, 1.807) is 18.2 Å². The number of rotatable bonds is 4. The normalized spacial score (nSPS) is 16.5. The van der Waals surface area contributed by atoms with Crippen molar-refractivity contribution in [2.45, 2.75) is 13.0 Å². The molecule has 2 aliphatic rings. The summed E-state index contributed by atoms with van der Waals surface area (Å²) in [6.45, 7) is 1.72. The van der Waals surface area contributed by atoms with Crippen molar-refractivity contribution in [3.63, 3.8) is 0 Å². The van der Waals surface area contributed by atoms with Crippen LogP contribution in [0.1, 0.15) is 27.0 Å². The molecule has 0 fully saturated rings. The van der Waals surface area contributed by atoms with Gasteiger partial charge in [-0.25, -0.2) is 4.39 Å². The lowest BCUT2D eigenvalue weighted by atomic mass is 10.0. The minimum Gasteiger partial charge on any atom is -0.478 e. The largest absolute Gasteiger partial charge is 0.478 e. The standard InChI is InChI=1S/C25H18Cl2FNO3/c26-19-5-2-1-4-15(19)10-11-29-13-18-22(31-14-29)9-8-16-24(30)23(32-25(16)18)12-17-20(27)6-3-7-21(17)28/h1-9,12H,10-11,13-14H2/b23-12-. The number of ketones is 1. The van der Waals surface area contributed by atoms with Crippen LogP contribution in [0.3, 0.4) is 0 Å². The van der Waals surface area contributed by atoms with E-state index in [-0.39, 0.29) is 22.1 Å². The average Bonchev–Trinajstić information content (AvgIpc) is 3.11. The number of benzene rings is 3. The second kappa shape index (κ2) is 8.58. The van der Waals surface area contributed by atoms with Gasteiger partial charge in [-0.1, -0.05) is 47.5 Å². The van der Waals surface area contributed by atoms with Crippen molar-refractivity contribution in [2.75, 3.05) is 13.3 Å². The minimum atomic E-state index is -0.520. The van der Waals surface area contributed by atoms with Crippen LogP contribution in [0.25, 0.3) is 6.08 Å². The molecule has 0 bridgehead atoms. The van der Waals surface area contributed by atoms with E-state index in [1.165, 1.54) is 18.2 Å². The van der Waals surface area contributed by atoms with Gasteiger partial charge in [0.2, 0.25) is 5.78 Å². The van der Waals surface area contributed by atoms with Crippen LogP contribution < -0.4 is 9.47 Å². The smallest absolute Gasteiger partial charge is 0.231 e. The number of hydrogen-bond donors (Lipinski definition) is 0. The van der Waals surface area contributed by atoms with Crippen molar-refractivity contribution in [1.29, 1.82) is 0 Å². The lowest BCUT2D eigenvalue weighted by Gasteiger charge is -2.29. The van der Waals surface area contributed by atoms with Crippen molar-refractivity contribution < 1.29 is 18.7 Å². The van der Waals surface area contributed by atoms with Crippen molar-refractivity contribution >= 4 is 35.1 Å². The second-order valence-corrected chi connectivity index (χ2v) is 8.48. The average molecular weight is 470 g/mol. The molecule has 32 heavy (non-hydrogen) atoms. The first-order chi connectivity index (χ1) is 15.5. The number of nitrogens with zero attached hydrogens (tertiary/aromatic N) is 1. The number of fused-ring (bicyclic) bond motifs is 3. The molecule has 0 N–H and O–H groups in total. The maximum atomic E-state index is 14.2. The fourth-order valence-corrected chi connectivity index (χ4v) is 4.36. The quantitative estimate of drug-likeness (QED) is 0.430. The summed E-state index contributed by atoms with van der Waals surface area (Å²) in [5.74, 6) is 0.335. The minimum absolute atomic E-state index is 0.0357. The summed E-state index contributed by atoms with van der Waals surface area (Å²) in [4.78, 5) is 15.0. The van der Waals surface area contributed by atoms with Gasteiger partial charge in [0.25, 0.3) is 0 Å². The molecule has 162 valence electrons. The van der Waals surface area contributed by atoms with Gasteiger partial charge in [-0.05, 0) is 48.4 Å². The molecule has 0 atom stereocenters. The summed E-state index contributed by atoms with van der Waals surface area (Å²) >= 11 is 12.4. The number of Topliss-reactive ketones (excluding diaryl/α,β-unsaturated/α-hetero) is 1. The van der Waals surface area contributed by atoms with E-state index in [4.69, 9.17) is 32.7 Å². The zero-order valence-corrected chi connectivity index (χ0v) is 18.4. The van der Waals surface area contributed by atoms with Crippen LogP contribution in [-0.2, 0) is 13.0 Å². The van der Waals surface area contributed by atoms with Gasteiger partial charge < -0.3 is 9.47 Å². The molecule has 2 heterocycles. The summed E-state index contributed by atoms with van der Waals surface area (Å²) < 4.78 is 26.0. The lowest BCUT2D eigenvalue weighted by Crippen LogP contribution is -2.33. The molecular weight excluding hydrogens is 452 g/mol. The Morgan fingerprint density at radius 1 is 1.03 bits per heavy atom. The van der Waals surface area contributed by atoms with Crippen LogP contribution in [0.5, 0.6) is 11.5 Å². The maximum absolute atomic E-state index is 14.2. The van der Waals surface area contributed by atoms with E-state index >= 15 is 0 Å². The number of allylic oxidation sites excluding steroid dienone is 1. The summed E-state index contributed by atoms with van der Waals surface area (Å²) in [6, 6.07) is 15.6. The summed E-state index contributed by atoms with van der Waals surface area (Å²) in [7, 11) is 0. The monoisotopic (exact) mass is 469 g/mol. The van der Waals surface area contributed by atoms with Gasteiger partial charge in [0.1, 0.15) is 24.0 Å². The maximum Gasteiger partial charge on any atom is 0.231 e. The Balaban J connectivity index is 1.39. The number of carbonyl (C=O) groups is 1. The third-order valence-corrected chi connectivity index (χ3v) is 6.31. The van der Waals surface area contributed by atoms with Crippen LogP contribution in [0, 0.1) is 5.82 Å². The van der Waals surface area contributed by atoms with Gasteiger partial charge in [0, 0.05) is 23.7 Å². The van der Waals surface area contributed by atoms with E-state index < -0.39 is 5.82 Å². The van der Waals surface area contributed by atoms with Gasteiger partial charge in [-0.2, -0.15) is 0 Å². The first-order valence-electron chi connectivity index (χ1n) is 10.1. The molecule has 3 aromatic carbocycles. The topological polar surface area (TPSA) is 38.8 Å². The van der Waals surface area contributed by atoms with Gasteiger partial charge in [-0.15, -0.1) is 0 Å². The fourth-order valence-electron chi connectivity index (χ4n) is 3.91. The highest BCUT2D eigenvalue weighted by Crippen LogP contribution is 2.42. The molecule has 0 spiro atoms. The number of carbonyl (C=O) groups excluding carboxylic acids is 1. The molecule has 0 radical (unpaired) electrons. The number of halogens is 3. The van der Waals surface area contributed by atoms with Crippen molar-refractivity contribution in [3.05, 3.63) is 98.5 Å². The van der Waals surface area contributed by atoms with Crippen LogP contribution in [-0.4, -0.2) is 24.0 Å². The van der Waals surface area contributed by atoms with E-state index in [9.17, 15) is 9.18 Å². The highest BCUT2D eigenvalue weighted by Gasteiger charge is 2.34. The SMILES string of the molecule is O=C1/C(=C/c2c(F)cccc2Cl)Oc2c1ccc1c2CN(CCc2ccccc2Cl)CO1. The fraction of sp³-hybridized carbons (Fsp3) is 0.160. The number of hydrogen-bond acceptors (Lipinski definition) is 4. The highest BCUT2D eigenvalue weighted by molar-refractivity contribution is 6.32. The summed E-state index contributed by atoms with van der Waals surface area (Å²) in [6.07, 6.45) is 2.12. The Hall–Kier alpha value is -2.86. The number of ether oxygens (including phenoxy) is 2. The van der Waals surface area contributed by atoms with Gasteiger partial charge in [0.15, 0.2) is 5.76 Å². The van der Waals surface area contributed by atoms with Crippen LogP contribution in [0.2, 0.25) is 10.0 Å². The molecule has 0 aromatic heterocycles. The molecule has 7 heteroatoms. The van der Waals surface area contributed by atoms with Crippen LogP contribution >= 0.6 is 23.2 Å². The highest BCUT2D eigenvalue weighted by atomic mass is 35.5. The Kier molecular flexibility index (Phi) is 5.64. The third kappa shape index (κ3) is 3.88. The zero-order chi connectivity index (χ0) is 22.2. The van der Waals surface area contributed by atoms with E-state index in [0.29, 0.717) is 30.3 Å². The zero-order valence-electron chi connectivity index (χ0n) is 16.9. The van der Waals surface area contributed by atoms with Gasteiger partial charge in [0.05, 0.1) is 16.1 Å². The van der Waals surface area contributed by atoms with Crippen molar-refractivity contribution in [2.24, 2.45) is 0 Å². The molecule has 5 rings (SSSR count). The Labute approximate surface area is 194 Å². The molecule has 0 aliphatic carbocycles.